The SMILES string of the molecule is CC(C)c1nc(C(=O)N[C@@H](CO)Cc2ccccc2)n[nH]1. The Kier molecular flexibility index (Phi) is 5.05. The molecule has 0 aliphatic heterocycles. The molecule has 0 bridgehead atoms. The van der Waals surface area contributed by atoms with E-state index in [1.165, 1.54) is 0 Å². The Hall–Kier alpha value is -2.21. The first-order chi connectivity index (χ1) is 10.1. The molecule has 2 aromatic rings. The predicted molar refractivity (Wildman–Crippen MR) is 79.0 cm³/mol. The number of carbonyl (C=O) groups is 1. The maximum Gasteiger partial charge on any atom is 0.291 e. The molecule has 1 heterocycles. The van der Waals surface area contributed by atoms with Crippen molar-refractivity contribution in [3.05, 3.63) is 47.5 Å². The number of rotatable bonds is 6. The van der Waals surface area contributed by atoms with Crippen LogP contribution in [-0.4, -0.2) is 38.8 Å². The molecule has 112 valence electrons. The summed E-state index contributed by atoms with van der Waals surface area (Å²) in [4.78, 5) is 16.2. The summed E-state index contributed by atoms with van der Waals surface area (Å²) in [5.74, 6) is 0.569. The zero-order valence-corrected chi connectivity index (χ0v) is 12.2. The molecule has 1 amide bonds. The number of carbonyl (C=O) groups excluding carboxylic acids is 1. The van der Waals surface area contributed by atoms with Crippen LogP contribution in [-0.2, 0) is 6.42 Å². The minimum Gasteiger partial charge on any atom is -0.394 e. The average Bonchev–Trinajstić information content (AvgIpc) is 2.97. The summed E-state index contributed by atoms with van der Waals surface area (Å²) in [5, 5.41) is 18.8. The number of H-pyrrole nitrogens is 1. The summed E-state index contributed by atoms with van der Waals surface area (Å²) in [6, 6.07) is 9.33. The van der Waals surface area contributed by atoms with Crippen LogP contribution >= 0.6 is 0 Å². The highest BCUT2D eigenvalue weighted by molar-refractivity contribution is 5.90. The molecule has 6 heteroatoms. The molecule has 0 aliphatic carbocycles. The van der Waals surface area contributed by atoms with Crippen LogP contribution in [0.4, 0.5) is 0 Å². The Morgan fingerprint density at radius 1 is 1.33 bits per heavy atom. The Morgan fingerprint density at radius 3 is 2.62 bits per heavy atom. The van der Waals surface area contributed by atoms with Gasteiger partial charge in [0.1, 0.15) is 5.82 Å². The van der Waals surface area contributed by atoms with Gasteiger partial charge in [0, 0.05) is 5.92 Å². The number of amides is 1. The van der Waals surface area contributed by atoms with Gasteiger partial charge in [0.2, 0.25) is 5.82 Å². The van der Waals surface area contributed by atoms with Crippen molar-refractivity contribution in [2.24, 2.45) is 0 Å². The largest absolute Gasteiger partial charge is 0.394 e. The maximum absolute atomic E-state index is 12.1. The van der Waals surface area contributed by atoms with Gasteiger partial charge >= 0.3 is 0 Å². The number of hydrogen-bond donors (Lipinski definition) is 3. The van der Waals surface area contributed by atoms with E-state index in [0.717, 1.165) is 5.56 Å². The third kappa shape index (κ3) is 4.13. The standard InChI is InChI=1S/C15H20N4O2/c1-10(2)13-17-14(19-18-13)15(21)16-12(9-20)8-11-6-4-3-5-7-11/h3-7,10,12,20H,8-9H2,1-2H3,(H,16,21)(H,17,18,19)/t12-/m1/s1. The van der Waals surface area contributed by atoms with E-state index >= 15 is 0 Å². The van der Waals surface area contributed by atoms with Crippen LogP contribution in [0.2, 0.25) is 0 Å². The van der Waals surface area contributed by atoms with Crippen molar-refractivity contribution in [3.63, 3.8) is 0 Å². The van der Waals surface area contributed by atoms with E-state index in [-0.39, 0.29) is 30.3 Å². The molecule has 6 nitrogen and oxygen atoms in total. The molecule has 0 radical (unpaired) electrons. The van der Waals surface area contributed by atoms with Gasteiger partial charge in [-0.1, -0.05) is 44.2 Å². The Morgan fingerprint density at radius 2 is 2.05 bits per heavy atom. The lowest BCUT2D eigenvalue weighted by atomic mass is 10.1. The number of aromatic nitrogens is 3. The first-order valence-corrected chi connectivity index (χ1v) is 6.98. The third-order valence-corrected chi connectivity index (χ3v) is 3.13. The van der Waals surface area contributed by atoms with Crippen LogP contribution in [0.25, 0.3) is 0 Å². The molecule has 0 fully saturated rings. The number of aliphatic hydroxyl groups excluding tert-OH is 1. The fourth-order valence-corrected chi connectivity index (χ4v) is 1.94. The van der Waals surface area contributed by atoms with Gasteiger partial charge in [0.05, 0.1) is 12.6 Å². The zero-order chi connectivity index (χ0) is 15.2. The van der Waals surface area contributed by atoms with E-state index in [1.54, 1.807) is 0 Å². The van der Waals surface area contributed by atoms with E-state index < -0.39 is 0 Å². The van der Waals surface area contributed by atoms with Crippen LogP contribution in [0.3, 0.4) is 0 Å². The molecule has 0 unspecified atom stereocenters. The average molecular weight is 288 g/mol. The molecular formula is C15H20N4O2. The predicted octanol–water partition coefficient (Wildman–Crippen LogP) is 1.26. The van der Waals surface area contributed by atoms with Crippen LogP contribution in [0.1, 0.15) is 41.8 Å². The zero-order valence-electron chi connectivity index (χ0n) is 12.2. The fourth-order valence-electron chi connectivity index (χ4n) is 1.94. The van der Waals surface area contributed by atoms with Crippen LogP contribution in [0.5, 0.6) is 0 Å². The molecule has 0 spiro atoms. The van der Waals surface area contributed by atoms with Gasteiger partial charge in [0.15, 0.2) is 0 Å². The number of aliphatic hydroxyl groups is 1. The molecule has 2 rings (SSSR count). The minimum absolute atomic E-state index is 0.102. The van der Waals surface area contributed by atoms with Gasteiger partial charge in [0.25, 0.3) is 5.91 Å². The van der Waals surface area contributed by atoms with Crippen LogP contribution < -0.4 is 5.32 Å². The highest BCUT2D eigenvalue weighted by atomic mass is 16.3. The summed E-state index contributed by atoms with van der Waals surface area (Å²) < 4.78 is 0. The molecule has 0 saturated carbocycles. The van der Waals surface area contributed by atoms with Gasteiger partial charge < -0.3 is 10.4 Å². The number of aromatic amines is 1. The normalized spacial score (nSPS) is 12.4. The highest BCUT2D eigenvalue weighted by Gasteiger charge is 2.18. The monoisotopic (exact) mass is 288 g/mol. The van der Waals surface area contributed by atoms with E-state index in [1.807, 2.05) is 44.2 Å². The second kappa shape index (κ2) is 6.99. The topological polar surface area (TPSA) is 90.9 Å². The van der Waals surface area contributed by atoms with Crippen molar-refractivity contribution in [2.45, 2.75) is 32.2 Å². The summed E-state index contributed by atoms with van der Waals surface area (Å²) in [7, 11) is 0. The Bertz CT molecular complexity index is 580. The summed E-state index contributed by atoms with van der Waals surface area (Å²) in [6.45, 7) is 3.80. The number of nitrogens with zero attached hydrogens (tertiary/aromatic N) is 2. The number of benzene rings is 1. The molecule has 1 aromatic heterocycles. The molecule has 1 aromatic carbocycles. The van der Waals surface area contributed by atoms with E-state index in [4.69, 9.17) is 0 Å². The van der Waals surface area contributed by atoms with Crippen molar-refractivity contribution in [1.82, 2.24) is 20.5 Å². The Labute approximate surface area is 123 Å². The molecule has 21 heavy (non-hydrogen) atoms. The number of hydrogen-bond acceptors (Lipinski definition) is 4. The lowest BCUT2D eigenvalue weighted by Crippen LogP contribution is -2.39. The first kappa shape index (κ1) is 15.2. The van der Waals surface area contributed by atoms with Gasteiger partial charge in [-0.2, -0.15) is 0 Å². The van der Waals surface area contributed by atoms with Crippen molar-refractivity contribution in [1.29, 1.82) is 0 Å². The van der Waals surface area contributed by atoms with Crippen LogP contribution in [0, 0.1) is 0 Å². The van der Waals surface area contributed by atoms with E-state index in [2.05, 4.69) is 20.5 Å². The lowest BCUT2D eigenvalue weighted by molar-refractivity contribution is 0.0906. The van der Waals surface area contributed by atoms with Gasteiger partial charge in [-0.25, -0.2) is 4.98 Å². The first-order valence-electron chi connectivity index (χ1n) is 6.98. The molecule has 3 N–H and O–H groups in total. The van der Waals surface area contributed by atoms with Crippen molar-refractivity contribution in [2.75, 3.05) is 6.61 Å². The second-order valence-corrected chi connectivity index (χ2v) is 5.24. The van der Waals surface area contributed by atoms with Crippen molar-refractivity contribution in [3.8, 4) is 0 Å². The number of nitrogens with one attached hydrogen (secondary N) is 2. The highest BCUT2D eigenvalue weighted by Crippen LogP contribution is 2.08. The van der Waals surface area contributed by atoms with E-state index in [9.17, 15) is 9.90 Å². The quantitative estimate of drug-likeness (QED) is 0.746. The third-order valence-electron chi connectivity index (χ3n) is 3.13. The molecular weight excluding hydrogens is 268 g/mol. The molecule has 1 atom stereocenters. The smallest absolute Gasteiger partial charge is 0.291 e. The van der Waals surface area contributed by atoms with Gasteiger partial charge in [-0.15, -0.1) is 5.10 Å². The second-order valence-electron chi connectivity index (χ2n) is 5.24. The molecule has 0 saturated heterocycles. The fraction of sp³-hybridized carbons (Fsp3) is 0.400. The van der Waals surface area contributed by atoms with Gasteiger partial charge in [-0.3, -0.25) is 9.89 Å². The molecule has 0 aliphatic rings. The van der Waals surface area contributed by atoms with E-state index in [0.29, 0.717) is 12.2 Å². The minimum atomic E-state index is -0.381. The summed E-state index contributed by atoms with van der Waals surface area (Å²) in [5.41, 5.74) is 1.05. The van der Waals surface area contributed by atoms with Crippen molar-refractivity contribution >= 4 is 5.91 Å². The lowest BCUT2D eigenvalue weighted by Gasteiger charge is -2.15. The van der Waals surface area contributed by atoms with Crippen LogP contribution in [0.15, 0.2) is 30.3 Å². The summed E-state index contributed by atoms with van der Waals surface area (Å²) >= 11 is 0. The van der Waals surface area contributed by atoms with Gasteiger partial charge in [-0.05, 0) is 12.0 Å². The maximum atomic E-state index is 12.1. The summed E-state index contributed by atoms with van der Waals surface area (Å²) in [6.07, 6.45) is 0.560. The van der Waals surface area contributed by atoms with Crippen molar-refractivity contribution < 1.29 is 9.90 Å². The Balaban J connectivity index is 1.99.